The molecule has 1 aliphatic carbocycles. The molecule has 1 saturated heterocycles. The Hall–Kier alpha value is -1.59. The van der Waals surface area contributed by atoms with E-state index in [0.717, 1.165) is 18.4 Å². The Balaban J connectivity index is 1.60. The summed E-state index contributed by atoms with van der Waals surface area (Å²) >= 11 is 12.1. The van der Waals surface area contributed by atoms with Crippen LogP contribution in [0.5, 0.6) is 0 Å². The maximum absolute atomic E-state index is 12.2. The monoisotopic (exact) mass is 354 g/mol. The first-order valence-electron chi connectivity index (χ1n) is 7.52. The zero-order valence-corrected chi connectivity index (χ0v) is 13.9. The number of benzene rings is 1. The summed E-state index contributed by atoms with van der Waals surface area (Å²) in [5, 5.41) is 12.0. The Bertz CT molecular complexity index is 680. The van der Waals surface area contributed by atoms with Crippen molar-refractivity contribution in [2.24, 2.45) is 5.92 Å². The molecule has 1 aliphatic heterocycles. The van der Waals surface area contributed by atoms with E-state index in [-0.39, 0.29) is 10.8 Å². The molecular weight excluding hydrogens is 339 g/mol. The van der Waals surface area contributed by atoms with Crippen LogP contribution in [0.2, 0.25) is 10.0 Å². The molecule has 3 rings (SSSR count). The minimum absolute atomic E-state index is 0.0773. The van der Waals surface area contributed by atoms with Gasteiger partial charge >= 0.3 is 0 Å². The van der Waals surface area contributed by atoms with E-state index in [1.807, 2.05) is 12.1 Å². The third-order valence-electron chi connectivity index (χ3n) is 4.38. The molecular formula is C16H16Cl2N2O3. The molecule has 2 atom stereocenters. The molecule has 23 heavy (non-hydrogen) atoms. The molecule has 7 heteroatoms. The van der Waals surface area contributed by atoms with Crippen LogP contribution in [0.4, 0.5) is 0 Å². The summed E-state index contributed by atoms with van der Waals surface area (Å²) in [6, 6.07) is 4.65. The second kappa shape index (κ2) is 6.49. The Labute approximate surface area is 144 Å². The Morgan fingerprint density at radius 1 is 1.30 bits per heavy atom. The van der Waals surface area contributed by atoms with E-state index in [9.17, 15) is 14.9 Å². The van der Waals surface area contributed by atoms with Crippen LogP contribution in [-0.2, 0) is 4.79 Å². The van der Waals surface area contributed by atoms with Crippen molar-refractivity contribution in [2.45, 2.75) is 25.3 Å². The molecule has 122 valence electrons. The van der Waals surface area contributed by atoms with Crippen molar-refractivity contribution in [2.75, 3.05) is 13.1 Å². The van der Waals surface area contributed by atoms with Crippen molar-refractivity contribution in [3.8, 4) is 0 Å². The number of likely N-dealkylation sites (tertiary alicyclic amines) is 1. The molecule has 0 aromatic heterocycles. The van der Waals surface area contributed by atoms with Gasteiger partial charge in [0, 0.05) is 34.5 Å². The van der Waals surface area contributed by atoms with E-state index >= 15 is 0 Å². The predicted octanol–water partition coefficient (Wildman–Crippen LogP) is 3.66. The van der Waals surface area contributed by atoms with Gasteiger partial charge in [-0.3, -0.25) is 14.9 Å². The van der Waals surface area contributed by atoms with Crippen molar-refractivity contribution < 1.29 is 9.72 Å². The van der Waals surface area contributed by atoms with Crippen LogP contribution in [0.3, 0.4) is 0 Å². The van der Waals surface area contributed by atoms with Gasteiger partial charge in [0.1, 0.15) is 5.92 Å². The number of carbonyl (C=O) groups excluding carboxylic acids is 1. The van der Waals surface area contributed by atoms with Gasteiger partial charge in [-0.2, -0.15) is 0 Å². The zero-order chi connectivity index (χ0) is 16.6. The lowest BCUT2D eigenvalue weighted by Crippen LogP contribution is -2.38. The van der Waals surface area contributed by atoms with E-state index in [4.69, 9.17) is 23.2 Å². The van der Waals surface area contributed by atoms with Gasteiger partial charge in [0.2, 0.25) is 11.9 Å². The van der Waals surface area contributed by atoms with Gasteiger partial charge in [0.25, 0.3) is 0 Å². The van der Waals surface area contributed by atoms with E-state index in [1.165, 1.54) is 5.57 Å². The summed E-state index contributed by atoms with van der Waals surface area (Å²) in [5.41, 5.74) is 2.09. The quantitative estimate of drug-likeness (QED) is 0.614. The average Bonchev–Trinajstić information content (AvgIpc) is 3.32. The van der Waals surface area contributed by atoms with Gasteiger partial charge < -0.3 is 4.90 Å². The lowest BCUT2D eigenvalue weighted by molar-refractivity contribution is -0.497. The van der Waals surface area contributed by atoms with Crippen molar-refractivity contribution >= 4 is 35.2 Å². The van der Waals surface area contributed by atoms with Crippen molar-refractivity contribution in [1.29, 1.82) is 0 Å². The smallest absolute Gasteiger partial charge is 0.232 e. The van der Waals surface area contributed by atoms with Crippen LogP contribution in [-0.4, -0.2) is 34.9 Å². The first kappa shape index (κ1) is 16.3. The first-order chi connectivity index (χ1) is 11.0. The van der Waals surface area contributed by atoms with Crippen LogP contribution in [0, 0.1) is 16.0 Å². The van der Waals surface area contributed by atoms with Crippen LogP contribution in [0.25, 0.3) is 6.08 Å². The van der Waals surface area contributed by atoms with Gasteiger partial charge in [-0.1, -0.05) is 34.9 Å². The molecule has 1 heterocycles. The molecule has 1 aromatic rings. The number of nitrogens with zero attached hydrogens (tertiary/aromatic N) is 2. The van der Waals surface area contributed by atoms with E-state index in [1.54, 1.807) is 17.0 Å². The second-order valence-corrected chi connectivity index (χ2v) is 6.83. The third kappa shape index (κ3) is 3.67. The summed E-state index contributed by atoms with van der Waals surface area (Å²) < 4.78 is 0. The third-order valence-corrected chi connectivity index (χ3v) is 4.96. The number of hydrogen-bond acceptors (Lipinski definition) is 3. The molecule has 2 aliphatic rings. The normalized spacial score (nSPS) is 23.6. The number of amides is 1. The van der Waals surface area contributed by atoms with Crippen LogP contribution in [0.15, 0.2) is 23.8 Å². The molecule has 0 unspecified atom stereocenters. The predicted molar refractivity (Wildman–Crippen MR) is 89.1 cm³/mol. The SMILES string of the molecule is O=C([C@@H]1C[C@H]1[N+](=O)[O-])N1CCC(=Cc2cc(Cl)ccc2Cl)CC1. The van der Waals surface area contributed by atoms with Crippen LogP contribution >= 0.6 is 23.2 Å². The summed E-state index contributed by atoms with van der Waals surface area (Å²) in [7, 11) is 0. The number of piperidine rings is 1. The molecule has 0 spiro atoms. The number of rotatable bonds is 3. The van der Waals surface area contributed by atoms with E-state index in [0.29, 0.717) is 29.6 Å². The van der Waals surface area contributed by atoms with Gasteiger partial charge in [0.15, 0.2) is 0 Å². The van der Waals surface area contributed by atoms with E-state index in [2.05, 4.69) is 0 Å². The maximum Gasteiger partial charge on any atom is 0.232 e. The Kier molecular flexibility index (Phi) is 4.60. The van der Waals surface area contributed by atoms with Gasteiger partial charge in [0.05, 0.1) is 0 Å². The number of carbonyl (C=O) groups is 1. The lowest BCUT2D eigenvalue weighted by Gasteiger charge is -2.28. The van der Waals surface area contributed by atoms with Crippen LogP contribution in [0.1, 0.15) is 24.8 Å². The number of nitro groups is 1. The maximum atomic E-state index is 12.2. The van der Waals surface area contributed by atoms with Crippen molar-refractivity contribution in [3.05, 3.63) is 49.5 Å². The summed E-state index contributed by atoms with van der Waals surface area (Å²) in [6.45, 7) is 1.20. The highest BCUT2D eigenvalue weighted by Crippen LogP contribution is 2.36. The molecule has 0 N–H and O–H groups in total. The molecule has 5 nitrogen and oxygen atoms in total. The molecule has 1 amide bonds. The fraction of sp³-hybridized carbons (Fsp3) is 0.438. The fourth-order valence-electron chi connectivity index (χ4n) is 2.92. The van der Waals surface area contributed by atoms with Gasteiger partial charge in [-0.05, 0) is 36.6 Å². The minimum atomic E-state index is -0.676. The summed E-state index contributed by atoms with van der Waals surface area (Å²) in [6.07, 6.45) is 3.91. The molecule has 1 aromatic carbocycles. The number of halogens is 2. The molecule has 2 fully saturated rings. The van der Waals surface area contributed by atoms with Gasteiger partial charge in [-0.25, -0.2) is 0 Å². The topological polar surface area (TPSA) is 63.4 Å². The standard InChI is InChI=1S/C16H16Cl2N2O3/c17-12-1-2-14(18)11(8-12)7-10-3-5-19(6-4-10)16(21)13-9-15(13)20(22)23/h1-2,7-8,13,15H,3-6,9H2/t13-,15-/m1/s1. The second-order valence-electron chi connectivity index (χ2n) is 5.99. The summed E-state index contributed by atoms with van der Waals surface area (Å²) in [5.74, 6) is -0.496. The largest absolute Gasteiger partial charge is 0.342 e. The highest BCUT2D eigenvalue weighted by molar-refractivity contribution is 6.34. The highest BCUT2D eigenvalue weighted by atomic mass is 35.5. The van der Waals surface area contributed by atoms with Gasteiger partial charge in [-0.15, -0.1) is 0 Å². The molecule has 1 saturated carbocycles. The average molecular weight is 355 g/mol. The van der Waals surface area contributed by atoms with E-state index < -0.39 is 12.0 Å². The summed E-state index contributed by atoms with van der Waals surface area (Å²) in [4.78, 5) is 24.3. The lowest BCUT2D eigenvalue weighted by atomic mass is 10.0. The molecule has 0 bridgehead atoms. The number of hydrogen-bond donors (Lipinski definition) is 0. The highest BCUT2D eigenvalue weighted by Gasteiger charge is 2.54. The fourth-order valence-corrected chi connectivity index (χ4v) is 3.27. The minimum Gasteiger partial charge on any atom is -0.342 e. The zero-order valence-electron chi connectivity index (χ0n) is 12.4. The molecule has 0 radical (unpaired) electrons. The van der Waals surface area contributed by atoms with Crippen LogP contribution < -0.4 is 0 Å². The van der Waals surface area contributed by atoms with Crippen molar-refractivity contribution in [3.63, 3.8) is 0 Å². The Morgan fingerprint density at radius 2 is 2.00 bits per heavy atom. The first-order valence-corrected chi connectivity index (χ1v) is 8.28. The van der Waals surface area contributed by atoms with Crippen molar-refractivity contribution in [1.82, 2.24) is 4.90 Å². The Morgan fingerprint density at radius 3 is 2.61 bits per heavy atom.